The highest BCUT2D eigenvalue weighted by atomic mass is 35.5. The number of nitrogens with zero attached hydrogens (tertiary/aromatic N) is 3. The highest BCUT2D eigenvalue weighted by Gasteiger charge is 2.29. The number of benzene rings is 1. The first-order chi connectivity index (χ1) is 9.99. The molecule has 1 unspecified atom stereocenters. The number of hydrogen-bond acceptors (Lipinski definition) is 4. The lowest BCUT2D eigenvalue weighted by molar-refractivity contribution is 0.399. The molecule has 21 heavy (non-hydrogen) atoms. The van der Waals surface area contributed by atoms with Gasteiger partial charge in [0.25, 0.3) is 0 Å². The van der Waals surface area contributed by atoms with E-state index in [0.717, 1.165) is 6.42 Å². The largest absolute Gasteiger partial charge is 0.248 e. The summed E-state index contributed by atoms with van der Waals surface area (Å²) in [5.74, 6) is -0.420. The Balaban J connectivity index is 1.93. The minimum absolute atomic E-state index is 0.232. The lowest BCUT2D eigenvalue weighted by atomic mass is 10.1. The molecule has 3 rings (SSSR count). The van der Waals surface area contributed by atoms with Crippen molar-refractivity contribution in [2.45, 2.75) is 30.3 Å². The molecule has 1 aromatic heterocycles. The Morgan fingerprint density at radius 3 is 3.05 bits per heavy atom. The zero-order valence-electron chi connectivity index (χ0n) is 10.8. The van der Waals surface area contributed by atoms with Crippen molar-refractivity contribution in [2.75, 3.05) is 0 Å². The first-order valence-electron chi connectivity index (χ1n) is 6.33. The molecule has 1 aliphatic heterocycles. The van der Waals surface area contributed by atoms with Crippen LogP contribution in [0, 0.1) is 5.82 Å². The molecule has 0 saturated heterocycles. The van der Waals surface area contributed by atoms with E-state index in [4.69, 9.17) is 11.6 Å². The van der Waals surface area contributed by atoms with Crippen LogP contribution in [-0.4, -0.2) is 23.2 Å². The Morgan fingerprint density at radius 1 is 1.43 bits per heavy atom. The van der Waals surface area contributed by atoms with Crippen molar-refractivity contribution in [3.05, 3.63) is 41.2 Å². The van der Waals surface area contributed by atoms with E-state index in [-0.39, 0.29) is 5.02 Å². The molecule has 0 bridgehead atoms. The Morgan fingerprint density at radius 2 is 2.24 bits per heavy atom. The maximum absolute atomic E-state index is 13.9. The Hall–Kier alpha value is -1.51. The molecule has 1 aromatic carbocycles. The third-order valence-corrected chi connectivity index (χ3v) is 5.10. The Bertz CT molecular complexity index is 777. The van der Waals surface area contributed by atoms with Crippen LogP contribution in [0.3, 0.4) is 0 Å². The first kappa shape index (κ1) is 14.4. The molecular weight excluding hydrogens is 319 g/mol. The van der Waals surface area contributed by atoms with Crippen LogP contribution >= 0.6 is 11.6 Å². The monoisotopic (exact) mass is 330 g/mol. The van der Waals surface area contributed by atoms with E-state index < -0.39 is 26.8 Å². The van der Waals surface area contributed by atoms with Gasteiger partial charge in [-0.25, -0.2) is 27.2 Å². The second-order valence-corrected chi connectivity index (χ2v) is 6.80. The summed E-state index contributed by atoms with van der Waals surface area (Å²) < 4.78 is 42.7. The Kier molecular flexibility index (Phi) is 3.68. The highest BCUT2D eigenvalue weighted by Crippen LogP contribution is 2.27. The minimum Gasteiger partial charge on any atom is -0.248 e. The summed E-state index contributed by atoms with van der Waals surface area (Å²) in [6.45, 7) is 0.694. The first-order valence-corrected chi connectivity index (χ1v) is 8.19. The quantitative estimate of drug-likeness (QED) is 0.932. The average Bonchev–Trinajstić information content (AvgIpc) is 2.91. The zero-order chi connectivity index (χ0) is 15.0. The number of hydrogen-bond donors (Lipinski definition) is 1. The number of sulfonamides is 1. The van der Waals surface area contributed by atoms with E-state index in [0.29, 0.717) is 18.8 Å². The van der Waals surface area contributed by atoms with Crippen molar-refractivity contribution in [3.8, 4) is 0 Å². The van der Waals surface area contributed by atoms with Crippen LogP contribution in [0.25, 0.3) is 0 Å². The number of nitrogens with one attached hydrogen (secondary N) is 1. The summed E-state index contributed by atoms with van der Waals surface area (Å²) in [6.07, 6.45) is 2.73. The van der Waals surface area contributed by atoms with Gasteiger partial charge in [-0.05, 0) is 25.0 Å². The van der Waals surface area contributed by atoms with Crippen LogP contribution in [-0.2, 0) is 16.6 Å². The molecule has 0 aliphatic carbocycles. The van der Waals surface area contributed by atoms with Crippen LogP contribution in [0.2, 0.25) is 5.02 Å². The van der Waals surface area contributed by atoms with Crippen LogP contribution in [0.1, 0.15) is 24.7 Å². The van der Waals surface area contributed by atoms with Crippen molar-refractivity contribution in [1.82, 2.24) is 19.5 Å². The van der Waals surface area contributed by atoms with Crippen LogP contribution in [0.4, 0.5) is 4.39 Å². The summed E-state index contributed by atoms with van der Waals surface area (Å²) in [5, 5.41) is 3.79. The van der Waals surface area contributed by atoms with Gasteiger partial charge in [0.15, 0.2) is 5.82 Å². The normalized spacial score (nSPS) is 18.5. The van der Waals surface area contributed by atoms with Gasteiger partial charge in [-0.3, -0.25) is 0 Å². The van der Waals surface area contributed by atoms with E-state index >= 15 is 0 Å². The minimum atomic E-state index is -4.02. The predicted molar refractivity (Wildman–Crippen MR) is 73.7 cm³/mol. The van der Waals surface area contributed by atoms with E-state index in [1.807, 2.05) is 0 Å². The average molecular weight is 331 g/mol. The summed E-state index contributed by atoms with van der Waals surface area (Å²) >= 11 is 5.63. The molecule has 6 nitrogen and oxygen atoms in total. The molecule has 112 valence electrons. The van der Waals surface area contributed by atoms with Gasteiger partial charge in [0.1, 0.15) is 17.0 Å². The predicted octanol–water partition coefficient (Wildman–Crippen LogP) is 1.88. The SMILES string of the molecule is O=S(=O)(NC1CCCn2ncnc21)c1cccc(Cl)c1F. The molecular formula is C12H12ClFN4O2S. The molecule has 0 spiro atoms. The lowest BCUT2D eigenvalue weighted by Crippen LogP contribution is -2.33. The second-order valence-electron chi connectivity index (χ2n) is 4.71. The molecule has 1 aliphatic rings. The summed E-state index contributed by atoms with van der Waals surface area (Å²) in [6, 6.07) is 3.35. The van der Waals surface area contributed by atoms with Gasteiger partial charge < -0.3 is 0 Å². The Labute approximate surface area is 126 Å². The molecule has 0 amide bonds. The molecule has 0 fully saturated rings. The van der Waals surface area contributed by atoms with Crippen molar-refractivity contribution in [3.63, 3.8) is 0 Å². The molecule has 0 saturated carbocycles. The maximum Gasteiger partial charge on any atom is 0.244 e. The summed E-state index contributed by atoms with van der Waals surface area (Å²) in [5.41, 5.74) is 0. The smallest absolute Gasteiger partial charge is 0.244 e. The molecule has 1 N–H and O–H groups in total. The van der Waals surface area contributed by atoms with Gasteiger partial charge in [0, 0.05) is 6.54 Å². The van der Waals surface area contributed by atoms with Crippen molar-refractivity contribution in [2.24, 2.45) is 0 Å². The van der Waals surface area contributed by atoms with Crippen molar-refractivity contribution in [1.29, 1.82) is 0 Å². The molecule has 9 heteroatoms. The molecule has 0 radical (unpaired) electrons. The fourth-order valence-corrected chi connectivity index (χ4v) is 3.90. The molecule has 1 atom stereocenters. The number of aryl methyl sites for hydroxylation is 1. The topological polar surface area (TPSA) is 76.9 Å². The van der Waals surface area contributed by atoms with Gasteiger partial charge in [-0.1, -0.05) is 17.7 Å². The van der Waals surface area contributed by atoms with E-state index in [1.54, 1.807) is 4.68 Å². The highest BCUT2D eigenvalue weighted by molar-refractivity contribution is 7.89. The maximum atomic E-state index is 13.9. The fourth-order valence-electron chi connectivity index (χ4n) is 2.34. The molecule has 2 heterocycles. The van der Waals surface area contributed by atoms with Crippen LogP contribution in [0.5, 0.6) is 0 Å². The van der Waals surface area contributed by atoms with Gasteiger partial charge in [0.05, 0.1) is 11.1 Å². The number of aromatic nitrogens is 3. The van der Waals surface area contributed by atoms with Gasteiger partial charge in [0.2, 0.25) is 10.0 Å². The summed E-state index contributed by atoms with van der Waals surface area (Å²) in [4.78, 5) is 3.60. The third-order valence-electron chi connectivity index (χ3n) is 3.32. The second kappa shape index (κ2) is 5.36. The van der Waals surface area contributed by atoms with E-state index in [9.17, 15) is 12.8 Å². The number of fused-ring (bicyclic) bond motifs is 1. The van der Waals surface area contributed by atoms with Gasteiger partial charge in [-0.15, -0.1) is 0 Å². The fraction of sp³-hybridized carbons (Fsp3) is 0.333. The van der Waals surface area contributed by atoms with Crippen molar-refractivity contribution >= 4 is 21.6 Å². The third kappa shape index (κ3) is 2.66. The van der Waals surface area contributed by atoms with Crippen molar-refractivity contribution < 1.29 is 12.8 Å². The van der Waals surface area contributed by atoms with E-state index in [1.165, 1.54) is 24.5 Å². The van der Waals surface area contributed by atoms with Crippen LogP contribution in [0.15, 0.2) is 29.4 Å². The standard InChI is InChI=1S/C12H12ClFN4O2S/c13-8-3-1-5-10(11(8)14)21(19,20)17-9-4-2-6-18-12(9)15-7-16-18/h1,3,5,7,9,17H,2,4,6H2. The van der Waals surface area contributed by atoms with Crippen LogP contribution < -0.4 is 4.72 Å². The summed E-state index contributed by atoms with van der Waals surface area (Å²) in [7, 11) is -4.02. The van der Waals surface area contributed by atoms with Gasteiger partial charge >= 0.3 is 0 Å². The molecule has 2 aromatic rings. The lowest BCUT2D eigenvalue weighted by Gasteiger charge is -2.23. The van der Waals surface area contributed by atoms with Gasteiger partial charge in [-0.2, -0.15) is 5.10 Å². The number of rotatable bonds is 3. The zero-order valence-corrected chi connectivity index (χ0v) is 12.4. The van der Waals surface area contributed by atoms with E-state index in [2.05, 4.69) is 14.8 Å². The number of halogens is 2.